The fourth-order valence-corrected chi connectivity index (χ4v) is 2.81. The molecule has 1 aliphatic rings. The van der Waals surface area contributed by atoms with Gasteiger partial charge in [0, 0.05) is 17.6 Å². The average Bonchev–Trinajstić information content (AvgIpc) is 2.95. The van der Waals surface area contributed by atoms with Gasteiger partial charge in [0.15, 0.2) is 0 Å². The zero-order valence-corrected chi connectivity index (χ0v) is 12.6. The van der Waals surface area contributed by atoms with Gasteiger partial charge in [0.1, 0.15) is 17.6 Å². The van der Waals surface area contributed by atoms with Crippen molar-refractivity contribution in [1.29, 1.82) is 0 Å². The number of alkyl halides is 3. The molecule has 1 saturated heterocycles. The van der Waals surface area contributed by atoms with Gasteiger partial charge in [0.25, 0.3) is 0 Å². The lowest BCUT2D eigenvalue weighted by molar-refractivity contribution is -0.157. The van der Waals surface area contributed by atoms with Gasteiger partial charge in [-0.3, -0.25) is 4.79 Å². The van der Waals surface area contributed by atoms with E-state index in [1.54, 1.807) is 0 Å². The number of carbonyl (C=O) groups excluding carboxylic acids is 2. The van der Waals surface area contributed by atoms with Gasteiger partial charge < -0.3 is 15.5 Å². The summed E-state index contributed by atoms with van der Waals surface area (Å²) in [5, 5.41) is 7.47. The molecule has 1 fully saturated rings. The number of halogens is 3. The van der Waals surface area contributed by atoms with Crippen molar-refractivity contribution in [2.45, 2.75) is 32.1 Å². The second-order valence-corrected chi connectivity index (χ2v) is 5.87. The molecule has 0 aliphatic carbocycles. The molecule has 0 aromatic carbocycles. The quantitative estimate of drug-likeness (QED) is 0.873. The van der Waals surface area contributed by atoms with Crippen LogP contribution in [0.1, 0.15) is 17.1 Å². The molecule has 0 bridgehead atoms. The molecule has 2 heterocycles. The highest BCUT2D eigenvalue weighted by atomic mass is 32.1. The Balaban J connectivity index is 1.78. The maximum absolute atomic E-state index is 12.3. The first-order valence-corrected chi connectivity index (χ1v) is 7.43. The number of urea groups is 1. The monoisotopic (exact) mass is 336 g/mol. The van der Waals surface area contributed by atoms with Crippen LogP contribution in [0.4, 0.5) is 18.0 Å². The van der Waals surface area contributed by atoms with E-state index in [0.717, 1.165) is 5.69 Å². The zero-order chi connectivity index (χ0) is 16.3. The number of aromatic nitrogens is 1. The molecule has 0 spiro atoms. The molecule has 0 radical (unpaired) electrons. The van der Waals surface area contributed by atoms with Crippen molar-refractivity contribution in [2.24, 2.45) is 0 Å². The topological polar surface area (TPSA) is 74.3 Å². The summed E-state index contributed by atoms with van der Waals surface area (Å²) < 4.78 is 36.8. The number of rotatable bonds is 4. The third kappa shape index (κ3) is 4.58. The molecule has 10 heteroatoms. The second-order valence-electron chi connectivity index (χ2n) is 4.93. The van der Waals surface area contributed by atoms with Gasteiger partial charge in [-0.1, -0.05) is 0 Å². The van der Waals surface area contributed by atoms with Crippen LogP contribution in [0.2, 0.25) is 0 Å². The van der Waals surface area contributed by atoms with E-state index in [1.807, 2.05) is 12.3 Å². The summed E-state index contributed by atoms with van der Waals surface area (Å²) in [5.74, 6) is -0.711. The molecule has 2 rings (SSSR count). The fraction of sp³-hybridized carbons (Fsp3) is 0.583. The SMILES string of the molecule is Cc1csc(CNC(=O)N[C@H]2CCN(CC(F)(F)F)C2=O)n1. The average molecular weight is 336 g/mol. The summed E-state index contributed by atoms with van der Waals surface area (Å²) in [6, 6.07) is -1.51. The highest BCUT2D eigenvalue weighted by Gasteiger charge is 2.39. The van der Waals surface area contributed by atoms with E-state index in [0.29, 0.717) is 9.91 Å². The fourth-order valence-electron chi connectivity index (χ4n) is 2.10. The minimum atomic E-state index is -4.44. The third-order valence-electron chi connectivity index (χ3n) is 3.04. The number of nitrogens with zero attached hydrogens (tertiary/aromatic N) is 2. The summed E-state index contributed by atoms with van der Waals surface area (Å²) in [6.07, 6.45) is -4.27. The Bertz CT molecular complexity index is 561. The van der Waals surface area contributed by atoms with Crippen molar-refractivity contribution >= 4 is 23.3 Å². The van der Waals surface area contributed by atoms with Crippen LogP contribution in [0.15, 0.2) is 5.38 Å². The minimum absolute atomic E-state index is 0.0189. The van der Waals surface area contributed by atoms with Crippen LogP contribution < -0.4 is 10.6 Å². The van der Waals surface area contributed by atoms with Crippen LogP contribution >= 0.6 is 11.3 Å². The maximum atomic E-state index is 12.3. The van der Waals surface area contributed by atoms with Gasteiger partial charge in [0.2, 0.25) is 5.91 Å². The molecule has 22 heavy (non-hydrogen) atoms. The van der Waals surface area contributed by atoms with Gasteiger partial charge in [-0.05, 0) is 13.3 Å². The number of amides is 3. The van der Waals surface area contributed by atoms with Gasteiger partial charge in [-0.15, -0.1) is 11.3 Å². The standard InChI is InChI=1S/C12H15F3N4O2S/c1-7-5-22-9(17-7)4-16-11(21)18-8-2-3-19(10(8)20)6-12(13,14)15/h5,8H,2-4,6H2,1H3,(H2,16,18,21)/t8-/m0/s1. The molecule has 3 amide bonds. The summed E-state index contributed by atoms with van der Waals surface area (Å²) in [6.45, 7) is 0.725. The van der Waals surface area contributed by atoms with Crippen molar-refractivity contribution in [3.63, 3.8) is 0 Å². The Hall–Kier alpha value is -1.84. The number of likely N-dealkylation sites (tertiary alicyclic amines) is 1. The Kier molecular flexibility index (Phi) is 4.89. The van der Waals surface area contributed by atoms with Crippen molar-refractivity contribution in [1.82, 2.24) is 20.5 Å². The zero-order valence-electron chi connectivity index (χ0n) is 11.7. The summed E-state index contributed by atoms with van der Waals surface area (Å²) in [7, 11) is 0. The van der Waals surface area contributed by atoms with Crippen LogP contribution in [-0.2, 0) is 11.3 Å². The number of carbonyl (C=O) groups is 2. The molecular weight excluding hydrogens is 321 g/mol. The first-order valence-electron chi connectivity index (χ1n) is 6.55. The van der Waals surface area contributed by atoms with Gasteiger partial charge >= 0.3 is 12.2 Å². The molecule has 1 aliphatic heterocycles. The van der Waals surface area contributed by atoms with Crippen molar-refractivity contribution in [3.05, 3.63) is 16.1 Å². The predicted octanol–water partition coefficient (Wildman–Crippen LogP) is 1.41. The number of nitrogens with one attached hydrogen (secondary N) is 2. The maximum Gasteiger partial charge on any atom is 0.406 e. The van der Waals surface area contributed by atoms with Gasteiger partial charge in [-0.25, -0.2) is 9.78 Å². The number of aryl methyl sites for hydroxylation is 1. The van der Waals surface area contributed by atoms with E-state index in [9.17, 15) is 22.8 Å². The van der Waals surface area contributed by atoms with Crippen molar-refractivity contribution in [3.8, 4) is 0 Å². The lowest BCUT2D eigenvalue weighted by Gasteiger charge is -2.18. The lowest BCUT2D eigenvalue weighted by atomic mass is 10.2. The molecule has 1 aromatic rings. The highest BCUT2D eigenvalue weighted by Crippen LogP contribution is 2.20. The lowest BCUT2D eigenvalue weighted by Crippen LogP contribution is -2.47. The van der Waals surface area contributed by atoms with E-state index in [1.165, 1.54) is 11.3 Å². The Labute approximate surface area is 128 Å². The minimum Gasteiger partial charge on any atom is -0.332 e. The summed E-state index contributed by atoms with van der Waals surface area (Å²) in [5.41, 5.74) is 0.843. The molecule has 122 valence electrons. The van der Waals surface area contributed by atoms with E-state index in [-0.39, 0.29) is 19.5 Å². The smallest absolute Gasteiger partial charge is 0.332 e. The third-order valence-corrected chi connectivity index (χ3v) is 4.01. The normalized spacial score (nSPS) is 18.6. The molecule has 0 saturated carbocycles. The Morgan fingerprint density at radius 3 is 2.86 bits per heavy atom. The Morgan fingerprint density at radius 1 is 1.55 bits per heavy atom. The summed E-state index contributed by atoms with van der Waals surface area (Å²) in [4.78, 5) is 28.3. The van der Waals surface area contributed by atoms with Crippen LogP contribution in [0.25, 0.3) is 0 Å². The number of hydrogen-bond acceptors (Lipinski definition) is 4. The van der Waals surface area contributed by atoms with E-state index in [4.69, 9.17) is 0 Å². The molecule has 2 N–H and O–H groups in total. The molecule has 1 atom stereocenters. The number of hydrogen-bond donors (Lipinski definition) is 2. The van der Waals surface area contributed by atoms with E-state index in [2.05, 4.69) is 15.6 Å². The van der Waals surface area contributed by atoms with Crippen LogP contribution in [0, 0.1) is 6.92 Å². The van der Waals surface area contributed by atoms with Crippen LogP contribution in [-0.4, -0.2) is 47.1 Å². The predicted molar refractivity (Wildman–Crippen MR) is 73.3 cm³/mol. The molecule has 0 unspecified atom stereocenters. The second kappa shape index (κ2) is 6.51. The Morgan fingerprint density at radius 2 is 2.27 bits per heavy atom. The number of thiazole rings is 1. The first kappa shape index (κ1) is 16.5. The molecule has 1 aromatic heterocycles. The van der Waals surface area contributed by atoms with E-state index < -0.39 is 30.7 Å². The van der Waals surface area contributed by atoms with Crippen LogP contribution in [0.5, 0.6) is 0 Å². The van der Waals surface area contributed by atoms with Gasteiger partial charge in [0.05, 0.1) is 6.54 Å². The van der Waals surface area contributed by atoms with Crippen LogP contribution in [0.3, 0.4) is 0 Å². The van der Waals surface area contributed by atoms with Crippen molar-refractivity contribution < 1.29 is 22.8 Å². The largest absolute Gasteiger partial charge is 0.406 e. The van der Waals surface area contributed by atoms with E-state index >= 15 is 0 Å². The van der Waals surface area contributed by atoms with Crippen molar-refractivity contribution in [2.75, 3.05) is 13.1 Å². The summed E-state index contributed by atoms with van der Waals surface area (Å²) >= 11 is 1.39. The van der Waals surface area contributed by atoms with Gasteiger partial charge in [-0.2, -0.15) is 13.2 Å². The molecular formula is C12H15F3N4O2S. The molecule has 6 nitrogen and oxygen atoms in total. The highest BCUT2D eigenvalue weighted by molar-refractivity contribution is 7.09. The first-order chi connectivity index (χ1) is 10.2.